The number of aliphatic imine (C=N–C) groups is 1. The summed E-state index contributed by atoms with van der Waals surface area (Å²) < 4.78 is 0. The van der Waals surface area contributed by atoms with Crippen molar-refractivity contribution in [1.29, 1.82) is 0 Å². The number of thiophene rings is 1. The summed E-state index contributed by atoms with van der Waals surface area (Å²) in [6.45, 7) is 4.31. The van der Waals surface area contributed by atoms with Gasteiger partial charge in [-0.05, 0) is 24.3 Å². The molecule has 0 aliphatic heterocycles. The van der Waals surface area contributed by atoms with Gasteiger partial charge in [-0.1, -0.05) is 26.3 Å². The van der Waals surface area contributed by atoms with E-state index in [2.05, 4.69) is 36.4 Å². The van der Waals surface area contributed by atoms with Gasteiger partial charge < -0.3 is 5.73 Å². The van der Waals surface area contributed by atoms with E-state index < -0.39 is 0 Å². The molecule has 0 saturated carbocycles. The Bertz CT molecular complexity index is 291. The van der Waals surface area contributed by atoms with Gasteiger partial charge in [-0.3, -0.25) is 4.99 Å². The fraction of sp³-hybridized carbons (Fsp3) is 0.583. The lowest BCUT2D eigenvalue weighted by Gasteiger charge is -2.10. The number of hydrogen-bond acceptors (Lipinski definition) is 2. The van der Waals surface area contributed by atoms with Crippen molar-refractivity contribution in [2.24, 2.45) is 10.7 Å². The lowest BCUT2D eigenvalue weighted by Crippen LogP contribution is -2.12. The minimum Gasteiger partial charge on any atom is -0.387 e. The molecule has 0 aromatic carbocycles. The third-order valence-corrected chi connectivity index (χ3v) is 3.24. The maximum absolute atomic E-state index is 5.88. The van der Waals surface area contributed by atoms with Gasteiger partial charge in [0.25, 0.3) is 0 Å². The van der Waals surface area contributed by atoms with E-state index in [1.54, 1.807) is 11.3 Å². The molecular formula is C12H20N2S. The molecule has 1 rings (SSSR count). The Balaban J connectivity index is 2.70. The molecule has 0 amide bonds. The molecule has 0 saturated heterocycles. The average Bonchev–Trinajstić information content (AvgIpc) is 2.70. The van der Waals surface area contributed by atoms with Crippen molar-refractivity contribution in [3.63, 3.8) is 0 Å². The quantitative estimate of drug-likeness (QED) is 0.580. The van der Waals surface area contributed by atoms with Crippen LogP contribution in [0.3, 0.4) is 0 Å². The second kappa shape index (κ2) is 6.62. The minimum absolute atomic E-state index is 0.279. The van der Waals surface area contributed by atoms with Crippen LogP contribution in [-0.4, -0.2) is 5.84 Å². The second-order valence-electron chi connectivity index (χ2n) is 3.69. The van der Waals surface area contributed by atoms with E-state index in [9.17, 15) is 0 Å². The van der Waals surface area contributed by atoms with Gasteiger partial charge in [0.15, 0.2) is 0 Å². The lowest BCUT2D eigenvalue weighted by atomic mass is 10.1. The molecular weight excluding hydrogens is 204 g/mol. The van der Waals surface area contributed by atoms with Gasteiger partial charge in [0.05, 0.1) is 11.9 Å². The first-order valence-corrected chi connectivity index (χ1v) is 6.51. The Kier molecular flexibility index (Phi) is 5.40. The minimum atomic E-state index is 0.279. The molecule has 2 nitrogen and oxygen atoms in total. The Hall–Kier alpha value is -0.830. The lowest BCUT2D eigenvalue weighted by molar-refractivity contribution is 0.647. The van der Waals surface area contributed by atoms with E-state index in [1.807, 2.05) is 0 Å². The molecule has 0 aliphatic carbocycles. The van der Waals surface area contributed by atoms with Crippen molar-refractivity contribution in [1.82, 2.24) is 0 Å². The summed E-state index contributed by atoms with van der Waals surface area (Å²) in [7, 11) is 0. The molecule has 3 heteroatoms. The molecule has 1 aromatic heterocycles. The third kappa shape index (κ3) is 4.04. The van der Waals surface area contributed by atoms with Crippen molar-refractivity contribution < 1.29 is 0 Å². The smallest absolute Gasteiger partial charge is 0.0944 e. The summed E-state index contributed by atoms with van der Waals surface area (Å²) in [5, 5.41) is 2.10. The fourth-order valence-corrected chi connectivity index (χ4v) is 2.34. The zero-order chi connectivity index (χ0) is 11.1. The molecule has 2 N–H and O–H groups in total. The van der Waals surface area contributed by atoms with Crippen LogP contribution in [0.25, 0.3) is 0 Å². The standard InChI is InChI=1S/C12H20N2S/c1-3-6-10(11-8-5-9-15-11)14-12(13)7-4-2/h5,8-10H,3-4,6-7H2,1-2H3,(H2,13,14). The Morgan fingerprint density at radius 1 is 1.47 bits per heavy atom. The van der Waals surface area contributed by atoms with Crippen LogP contribution in [0.2, 0.25) is 0 Å². The summed E-state index contributed by atoms with van der Waals surface area (Å²) >= 11 is 1.77. The fourth-order valence-electron chi connectivity index (χ4n) is 1.55. The van der Waals surface area contributed by atoms with Gasteiger partial charge in [0.1, 0.15) is 0 Å². The van der Waals surface area contributed by atoms with Gasteiger partial charge in [-0.15, -0.1) is 11.3 Å². The maximum Gasteiger partial charge on any atom is 0.0944 e. The molecule has 1 atom stereocenters. The van der Waals surface area contributed by atoms with Crippen molar-refractivity contribution in [2.45, 2.75) is 45.6 Å². The van der Waals surface area contributed by atoms with E-state index in [-0.39, 0.29) is 6.04 Å². The third-order valence-electron chi connectivity index (χ3n) is 2.26. The predicted octanol–water partition coefficient (Wildman–Crippen LogP) is 3.75. The molecule has 1 aromatic rings. The Morgan fingerprint density at radius 3 is 2.80 bits per heavy atom. The van der Waals surface area contributed by atoms with Crippen LogP contribution in [0.1, 0.15) is 50.4 Å². The van der Waals surface area contributed by atoms with Gasteiger partial charge in [-0.25, -0.2) is 0 Å². The van der Waals surface area contributed by atoms with Crippen molar-refractivity contribution in [3.05, 3.63) is 22.4 Å². The molecule has 15 heavy (non-hydrogen) atoms. The van der Waals surface area contributed by atoms with Crippen LogP contribution in [-0.2, 0) is 0 Å². The van der Waals surface area contributed by atoms with E-state index in [1.165, 1.54) is 4.88 Å². The highest BCUT2D eigenvalue weighted by atomic mass is 32.1. The molecule has 0 radical (unpaired) electrons. The number of amidine groups is 1. The zero-order valence-corrected chi connectivity index (χ0v) is 10.4. The number of hydrogen-bond donors (Lipinski definition) is 1. The van der Waals surface area contributed by atoms with Crippen LogP contribution < -0.4 is 5.73 Å². The van der Waals surface area contributed by atoms with Gasteiger partial charge in [-0.2, -0.15) is 0 Å². The van der Waals surface area contributed by atoms with E-state index in [0.29, 0.717) is 0 Å². The number of nitrogens with two attached hydrogens (primary N) is 1. The van der Waals surface area contributed by atoms with E-state index >= 15 is 0 Å². The average molecular weight is 224 g/mol. The van der Waals surface area contributed by atoms with Crippen LogP contribution in [0.5, 0.6) is 0 Å². The first kappa shape index (κ1) is 12.2. The van der Waals surface area contributed by atoms with E-state index in [0.717, 1.165) is 31.5 Å². The monoisotopic (exact) mass is 224 g/mol. The second-order valence-corrected chi connectivity index (χ2v) is 4.67. The summed E-state index contributed by atoms with van der Waals surface area (Å²) in [5.41, 5.74) is 5.88. The van der Waals surface area contributed by atoms with Crippen molar-refractivity contribution in [3.8, 4) is 0 Å². The predicted molar refractivity (Wildman–Crippen MR) is 68.5 cm³/mol. The molecule has 0 aliphatic rings. The van der Waals surface area contributed by atoms with Crippen LogP contribution in [0.15, 0.2) is 22.5 Å². The van der Waals surface area contributed by atoms with Crippen molar-refractivity contribution in [2.75, 3.05) is 0 Å². The van der Waals surface area contributed by atoms with Gasteiger partial charge >= 0.3 is 0 Å². The van der Waals surface area contributed by atoms with Gasteiger partial charge in [0, 0.05) is 11.3 Å². The van der Waals surface area contributed by atoms with Crippen LogP contribution >= 0.6 is 11.3 Å². The first-order valence-electron chi connectivity index (χ1n) is 5.63. The SMILES string of the molecule is CCCC(N)=NC(CCC)c1cccs1. The highest BCUT2D eigenvalue weighted by Crippen LogP contribution is 2.26. The highest BCUT2D eigenvalue weighted by Gasteiger charge is 2.10. The van der Waals surface area contributed by atoms with Crippen LogP contribution in [0, 0.1) is 0 Å². The first-order chi connectivity index (χ1) is 7.27. The van der Waals surface area contributed by atoms with Crippen molar-refractivity contribution >= 4 is 17.2 Å². The normalized spacial score (nSPS) is 14.1. The molecule has 1 unspecified atom stereocenters. The molecule has 0 bridgehead atoms. The summed E-state index contributed by atoms with van der Waals surface area (Å²) in [6.07, 6.45) is 4.21. The number of nitrogens with zero attached hydrogens (tertiary/aromatic N) is 1. The maximum atomic E-state index is 5.88. The number of rotatable bonds is 6. The molecule has 84 valence electrons. The summed E-state index contributed by atoms with van der Waals surface area (Å²) in [4.78, 5) is 5.93. The van der Waals surface area contributed by atoms with Crippen LogP contribution in [0.4, 0.5) is 0 Å². The molecule has 0 fully saturated rings. The molecule has 1 heterocycles. The largest absolute Gasteiger partial charge is 0.387 e. The zero-order valence-electron chi connectivity index (χ0n) is 9.57. The Labute approximate surface area is 96.2 Å². The Morgan fingerprint density at radius 2 is 2.27 bits per heavy atom. The van der Waals surface area contributed by atoms with E-state index in [4.69, 9.17) is 5.73 Å². The summed E-state index contributed by atoms with van der Waals surface area (Å²) in [6, 6.07) is 4.50. The molecule has 0 spiro atoms. The topological polar surface area (TPSA) is 38.4 Å². The van der Waals surface area contributed by atoms with Gasteiger partial charge in [0.2, 0.25) is 0 Å². The summed E-state index contributed by atoms with van der Waals surface area (Å²) in [5.74, 6) is 0.796. The highest BCUT2D eigenvalue weighted by molar-refractivity contribution is 7.10.